The van der Waals surface area contributed by atoms with Crippen LogP contribution in [0.25, 0.3) is 38.6 Å². The van der Waals surface area contributed by atoms with Crippen LogP contribution in [0, 0.1) is 0 Å². The monoisotopic (exact) mass is 368 g/mol. The van der Waals surface area contributed by atoms with Gasteiger partial charge in [-0.15, -0.1) is 0 Å². The van der Waals surface area contributed by atoms with Crippen LogP contribution >= 0.6 is 11.6 Å². The van der Waals surface area contributed by atoms with E-state index in [1.165, 1.54) is 16.3 Å². The van der Waals surface area contributed by atoms with Gasteiger partial charge in [-0.3, -0.25) is 0 Å². The zero-order chi connectivity index (χ0) is 18.4. The van der Waals surface area contributed by atoms with Gasteiger partial charge in [0.25, 0.3) is 0 Å². The minimum absolute atomic E-state index is 0.580. The Morgan fingerprint density at radius 2 is 1.41 bits per heavy atom. The molecule has 2 nitrogen and oxygen atoms in total. The van der Waals surface area contributed by atoms with E-state index in [2.05, 4.69) is 71.3 Å². The average Bonchev–Trinajstić information content (AvgIpc) is 3.04. The van der Waals surface area contributed by atoms with E-state index in [1.807, 2.05) is 24.3 Å². The van der Waals surface area contributed by atoms with Crippen LogP contribution in [0.5, 0.6) is 0 Å². The van der Waals surface area contributed by atoms with Crippen LogP contribution in [-0.4, -0.2) is 4.57 Å². The van der Waals surface area contributed by atoms with Crippen LogP contribution in [-0.2, 0) is 0 Å². The number of anilines is 1. The van der Waals surface area contributed by atoms with Crippen LogP contribution in [0.2, 0.25) is 5.02 Å². The van der Waals surface area contributed by atoms with Crippen LogP contribution in [0.15, 0.2) is 91.0 Å². The number of para-hydroxylation sites is 3. The van der Waals surface area contributed by atoms with Gasteiger partial charge in [-0.2, -0.15) is 0 Å². The van der Waals surface area contributed by atoms with E-state index in [1.54, 1.807) is 0 Å². The molecule has 5 aromatic rings. The Hall–Kier alpha value is -3.23. The maximum Gasteiger partial charge on any atom is 0.0641 e. The van der Waals surface area contributed by atoms with Crippen molar-refractivity contribution in [1.29, 1.82) is 0 Å². The molecule has 0 aliphatic rings. The third kappa shape index (κ3) is 2.49. The topological polar surface area (TPSA) is 30.9 Å². The number of hydrogen-bond acceptors (Lipinski definition) is 1. The lowest BCUT2D eigenvalue weighted by Gasteiger charge is -2.10. The molecule has 0 atom stereocenters. The van der Waals surface area contributed by atoms with Crippen molar-refractivity contribution in [3.63, 3.8) is 0 Å². The fourth-order valence-electron chi connectivity index (χ4n) is 3.78. The molecule has 0 saturated carbocycles. The number of rotatable bonds is 2. The molecule has 5 rings (SSSR count). The molecule has 0 spiro atoms. The summed E-state index contributed by atoms with van der Waals surface area (Å²) in [6.07, 6.45) is 0. The minimum atomic E-state index is 0.580. The summed E-state index contributed by atoms with van der Waals surface area (Å²) in [6, 6.07) is 31.2. The largest absolute Gasteiger partial charge is 0.397 e. The van der Waals surface area contributed by atoms with Crippen molar-refractivity contribution in [3.05, 3.63) is 96.0 Å². The molecular weight excluding hydrogens is 352 g/mol. The van der Waals surface area contributed by atoms with Crippen LogP contribution in [0.1, 0.15) is 0 Å². The Morgan fingerprint density at radius 1 is 0.667 bits per heavy atom. The molecule has 0 fully saturated rings. The first-order chi connectivity index (χ1) is 13.2. The van der Waals surface area contributed by atoms with E-state index in [4.69, 9.17) is 17.3 Å². The number of nitrogen functional groups attached to an aromatic ring is 1. The summed E-state index contributed by atoms with van der Waals surface area (Å²) in [5.41, 5.74) is 12.3. The summed E-state index contributed by atoms with van der Waals surface area (Å²) in [5.74, 6) is 0. The zero-order valence-corrected chi connectivity index (χ0v) is 15.3. The molecule has 0 unspecified atom stereocenters. The molecule has 4 aromatic carbocycles. The smallest absolute Gasteiger partial charge is 0.0641 e. The van der Waals surface area contributed by atoms with Crippen molar-refractivity contribution in [2.45, 2.75) is 0 Å². The Balaban J connectivity index is 1.87. The van der Waals surface area contributed by atoms with Crippen LogP contribution in [0.4, 0.5) is 5.69 Å². The SMILES string of the molecule is Nc1c(Cl)cccc1-c1ccc2c3ccccc3n(-c3ccccc3)c2c1. The molecule has 0 bridgehead atoms. The zero-order valence-electron chi connectivity index (χ0n) is 14.6. The predicted molar refractivity (Wildman–Crippen MR) is 116 cm³/mol. The number of fused-ring (bicyclic) bond motifs is 3. The van der Waals surface area contributed by atoms with Gasteiger partial charge >= 0.3 is 0 Å². The van der Waals surface area contributed by atoms with Crippen LogP contribution in [0.3, 0.4) is 0 Å². The highest BCUT2D eigenvalue weighted by Crippen LogP contribution is 2.37. The third-order valence-electron chi connectivity index (χ3n) is 5.05. The Labute approximate surface area is 162 Å². The van der Waals surface area contributed by atoms with E-state index in [0.29, 0.717) is 10.7 Å². The molecule has 27 heavy (non-hydrogen) atoms. The number of aromatic nitrogens is 1. The lowest BCUT2D eigenvalue weighted by atomic mass is 10.0. The summed E-state index contributed by atoms with van der Waals surface area (Å²) >= 11 is 6.24. The molecule has 3 heteroatoms. The normalized spacial score (nSPS) is 11.3. The average molecular weight is 369 g/mol. The number of benzene rings is 4. The summed E-state index contributed by atoms with van der Waals surface area (Å²) in [7, 11) is 0. The Kier molecular flexibility index (Phi) is 3.66. The van der Waals surface area contributed by atoms with E-state index in [-0.39, 0.29) is 0 Å². The van der Waals surface area contributed by atoms with Crippen molar-refractivity contribution >= 4 is 39.1 Å². The Morgan fingerprint density at radius 3 is 2.26 bits per heavy atom. The van der Waals surface area contributed by atoms with Crippen molar-refractivity contribution < 1.29 is 0 Å². The summed E-state index contributed by atoms with van der Waals surface area (Å²) in [6.45, 7) is 0. The molecule has 0 radical (unpaired) electrons. The predicted octanol–water partition coefficient (Wildman–Crippen LogP) is 6.69. The lowest BCUT2D eigenvalue weighted by molar-refractivity contribution is 1.18. The highest BCUT2D eigenvalue weighted by Gasteiger charge is 2.14. The van der Waals surface area contributed by atoms with Gasteiger partial charge in [0.1, 0.15) is 0 Å². The summed E-state index contributed by atoms with van der Waals surface area (Å²) in [5, 5.41) is 3.04. The molecule has 0 saturated heterocycles. The number of halogens is 1. The first-order valence-corrected chi connectivity index (χ1v) is 9.25. The molecular formula is C24H17ClN2. The summed E-state index contributed by atoms with van der Waals surface area (Å²) in [4.78, 5) is 0. The Bertz CT molecular complexity index is 1290. The van der Waals surface area contributed by atoms with E-state index < -0.39 is 0 Å². The second kappa shape index (κ2) is 6.19. The fraction of sp³-hybridized carbons (Fsp3) is 0. The van der Waals surface area contributed by atoms with E-state index in [0.717, 1.165) is 22.3 Å². The van der Waals surface area contributed by atoms with Crippen molar-refractivity contribution in [2.24, 2.45) is 0 Å². The molecule has 1 heterocycles. The van der Waals surface area contributed by atoms with E-state index >= 15 is 0 Å². The van der Waals surface area contributed by atoms with Gasteiger partial charge in [0.05, 0.1) is 21.7 Å². The lowest BCUT2D eigenvalue weighted by Crippen LogP contribution is -1.94. The number of nitrogens with zero attached hydrogens (tertiary/aromatic N) is 1. The first-order valence-electron chi connectivity index (χ1n) is 8.87. The van der Waals surface area contributed by atoms with Gasteiger partial charge in [0.15, 0.2) is 0 Å². The van der Waals surface area contributed by atoms with Gasteiger partial charge in [0, 0.05) is 22.0 Å². The molecule has 2 N–H and O–H groups in total. The molecule has 1 aromatic heterocycles. The maximum absolute atomic E-state index is 6.24. The van der Waals surface area contributed by atoms with Gasteiger partial charge in [0.2, 0.25) is 0 Å². The van der Waals surface area contributed by atoms with Gasteiger partial charge < -0.3 is 10.3 Å². The standard InChI is InChI=1S/C24H17ClN2/c25-21-11-6-10-18(24(21)26)16-13-14-20-19-9-4-5-12-22(19)27(23(20)15-16)17-7-2-1-3-8-17/h1-15H,26H2. The van der Waals surface area contributed by atoms with Gasteiger partial charge in [-0.1, -0.05) is 72.3 Å². The maximum atomic E-state index is 6.24. The molecule has 0 amide bonds. The molecule has 130 valence electrons. The fourth-order valence-corrected chi connectivity index (χ4v) is 3.96. The minimum Gasteiger partial charge on any atom is -0.397 e. The number of hydrogen-bond donors (Lipinski definition) is 1. The quantitative estimate of drug-likeness (QED) is 0.346. The number of nitrogens with two attached hydrogens (primary N) is 1. The highest BCUT2D eigenvalue weighted by atomic mass is 35.5. The van der Waals surface area contributed by atoms with Crippen molar-refractivity contribution in [2.75, 3.05) is 5.73 Å². The van der Waals surface area contributed by atoms with Crippen molar-refractivity contribution in [1.82, 2.24) is 4.57 Å². The first kappa shape index (κ1) is 16.0. The highest BCUT2D eigenvalue weighted by molar-refractivity contribution is 6.33. The van der Waals surface area contributed by atoms with Gasteiger partial charge in [-0.05, 0) is 35.9 Å². The van der Waals surface area contributed by atoms with Crippen molar-refractivity contribution in [3.8, 4) is 16.8 Å². The van der Waals surface area contributed by atoms with Gasteiger partial charge in [-0.25, -0.2) is 0 Å². The molecule has 0 aliphatic carbocycles. The molecule has 0 aliphatic heterocycles. The van der Waals surface area contributed by atoms with E-state index in [9.17, 15) is 0 Å². The summed E-state index contributed by atoms with van der Waals surface area (Å²) < 4.78 is 2.30. The third-order valence-corrected chi connectivity index (χ3v) is 5.38. The second-order valence-electron chi connectivity index (χ2n) is 6.62. The van der Waals surface area contributed by atoms with Crippen LogP contribution < -0.4 is 5.73 Å². The second-order valence-corrected chi connectivity index (χ2v) is 7.03.